The Bertz CT molecular complexity index is 289. The molecular weight excluding hydrogens is 264 g/mol. The number of carbonyl (C=O) groups excluding carboxylic acids is 1. The lowest BCUT2D eigenvalue weighted by atomic mass is 10.1. The second-order valence-electron chi connectivity index (χ2n) is 6.65. The molecule has 0 fully saturated rings. The fraction of sp³-hybridized carbons (Fsp3) is 0.833. The van der Waals surface area contributed by atoms with E-state index in [0.29, 0.717) is 6.42 Å². The molecule has 21 heavy (non-hydrogen) atoms. The van der Waals surface area contributed by atoms with Crippen molar-refractivity contribution in [3.63, 3.8) is 0 Å². The first-order chi connectivity index (χ1) is 9.85. The van der Waals surface area contributed by atoms with Crippen molar-refractivity contribution in [1.82, 2.24) is 0 Å². The molecule has 0 bridgehead atoms. The van der Waals surface area contributed by atoms with Crippen molar-refractivity contribution >= 4 is 5.97 Å². The average Bonchev–Trinajstić information content (AvgIpc) is 2.38. The fourth-order valence-electron chi connectivity index (χ4n) is 2.02. The van der Waals surface area contributed by atoms with Crippen LogP contribution in [0.1, 0.15) is 85.5 Å². The van der Waals surface area contributed by atoms with E-state index in [2.05, 4.69) is 6.08 Å². The number of unbranched alkanes of at least 4 members (excludes halogenated alkanes) is 6. The zero-order valence-electron chi connectivity index (χ0n) is 14.4. The van der Waals surface area contributed by atoms with Gasteiger partial charge in [0.15, 0.2) is 0 Å². The number of hydrogen-bond acceptors (Lipinski definition) is 3. The summed E-state index contributed by atoms with van der Waals surface area (Å²) in [4.78, 5) is 11.5. The Kier molecular flexibility index (Phi) is 11.3. The molecule has 124 valence electrons. The highest BCUT2D eigenvalue weighted by Gasteiger charge is 2.15. The Morgan fingerprint density at radius 2 is 1.67 bits per heavy atom. The molecule has 1 atom stereocenters. The largest absolute Gasteiger partial charge is 0.460 e. The summed E-state index contributed by atoms with van der Waals surface area (Å²) in [6.07, 6.45) is 12.9. The molecule has 1 N–H and O–H groups in total. The summed E-state index contributed by atoms with van der Waals surface area (Å²) in [5.41, 5.74) is -0.365. The molecule has 0 aliphatic carbocycles. The van der Waals surface area contributed by atoms with Crippen molar-refractivity contribution in [3.8, 4) is 0 Å². The summed E-state index contributed by atoms with van der Waals surface area (Å²) >= 11 is 0. The van der Waals surface area contributed by atoms with Gasteiger partial charge in [-0.05, 0) is 46.5 Å². The molecule has 0 aromatic heterocycles. The van der Waals surface area contributed by atoms with Crippen LogP contribution in [0.5, 0.6) is 0 Å². The molecule has 0 aromatic carbocycles. The first kappa shape index (κ1) is 20.2. The van der Waals surface area contributed by atoms with Gasteiger partial charge in [0.2, 0.25) is 0 Å². The number of esters is 1. The van der Waals surface area contributed by atoms with E-state index in [4.69, 9.17) is 4.74 Å². The van der Waals surface area contributed by atoms with Gasteiger partial charge in [-0.3, -0.25) is 4.79 Å². The number of ether oxygens (including phenoxy) is 1. The third-order valence-electron chi connectivity index (χ3n) is 3.20. The molecule has 0 saturated carbocycles. The SMILES string of the molecule is CCC(O)/C=C\CCCCCCCCC(=O)OC(C)(C)C. The van der Waals surface area contributed by atoms with E-state index in [-0.39, 0.29) is 17.7 Å². The van der Waals surface area contributed by atoms with E-state index in [0.717, 1.165) is 25.7 Å². The maximum Gasteiger partial charge on any atom is 0.306 e. The molecule has 0 rings (SSSR count). The zero-order chi connectivity index (χ0) is 16.1. The lowest BCUT2D eigenvalue weighted by molar-refractivity contribution is -0.154. The lowest BCUT2D eigenvalue weighted by Crippen LogP contribution is -2.23. The average molecular weight is 298 g/mol. The highest BCUT2D eigenvalue weighted by molar-refractivity contribution is 5.69. The smallest absolute Gasteiger partial charge is 0.306 e. The molecule has 0 aliphatic rings. The Labute approximate surface area is 130 Å². The Morgan fingerprint density at radius 3 is 2.24 bits per heavy atom. The molecule has 1 unspecified atom stereocenters. The lowest BCUT2D eigenvalue weighted by Gasteiger charge is -2.19. The topological polar surface area (TPSA) is 46.5 Å². The van der Waals surface area contributed by atoms with Crippen LogP contribution in [0, 0.1) is 0 Å². The summed E-state index contributed by atoms with van der Waals surface area (Å²) in [6, 6.07) is 0. The maximum absolute atomic E-state index is 11.5. The molecular formula is C18H34O3. The Morgan fingerprint density at radius 1 is 1.10 bits per heavy atom. The Balaban J connectivity index is 3.34. The van der Waals surface area contributed by atoms with Gasteiger partial charge >= 0.3 is 5.97 Å². The maximum atomic E-state index is 11.5. The van der Waals surface area contributed by atoms with Crippen molar-refractivity contribution in [2.45, 2.75) is 97.2 Å². The van der Waals surface area contributed by atoms with E-state index >= 15 is 0 Å². The summed E-state index contributed by atoms with van der Waals surface area (Å²) in [7, 11) is 0. The quantitative estimate of drug-likeness (QED) is 0.339. The van der Waals surface area contributed by atoms with Gasteiger partial charge in [0.05, 0.1) is 6.10 Å². The molecule has 0 amide bonds. The molecule has 0 radical (unpaired) electrons. The third-order valence-corrected chi connectivity index (χ3v) is 3.20. The number of carbonyl (C=O) groups is 1. The van der Waals surface area contributed by atoms with Crippen molar-refractivity contribution in [2.75, 3.05) is 0 Å². The minimum absolute atomic E-state index is 0.0814. The fourth-order valence-corrected chi connectivity index (χ4v) is 2.02. The van der Waals surface area contributed by atoms with Crippen LogP contribution in [0.15, 0.2) is 12.2 Å². The minimum Gasteiger partial charge on any atom is -0.460 e. The van der Waals surface area contributed by atoms with Gasteiger partial charge in [-0.15, -0.1) is 0 Å². The van der Waals surface area contributed by atoms with Crippen LogP contribution >= 0.6 is 0 Å². The van der Waals surface area contributed by atoms with Gasteiger partial charge in [0.25, 0.3) is 0 Å². The number of allylic oxidation sites excluding steroid dienone is 1. The molecule has 0 saturated heterocycles. The normalized spacial score (nSPS) is 13.6. The van der Waals surface area contributed by atoms with Crippen molar-refractivity contribution in [2.24, 2.45) is 0 Å². The predicted molar refractivity (Wildman–Crippen MR) is 88.2 cm³/mol. The first-order valence-corrected chi connectivity index (χ1v) is 8.41. The number of aliphatic hydroxyl groups excluding tert-OH is 1. The summed E-state index contributed by atoms with van der Waals surface area (Å²) in [6.45, 7) is 7.68. The molecule has 3 heteroatoms. The van der Waals surface area contributed by atoms with Crippen molar-refractivity contribution < 1.29 is 14.6 Å². The summed E-state index contributed by atoms with van der Waals surface area (Å²) in [5.74, 6) is -0.0814. The van der Waals surface area contributed by atoms with Gasteiger partial charge in [-0.1, -0.05) is 44.8 Å². The zero-order valence-corrected chi connectivity index (χ0v) is 14.4. The monoisotopic (exact) mass is 298 g/mol. The molecule has 0 aliphatic heterocycles. The van der Waals surface area contributed by atoms with E-state index in [1.54, 1.807) is 0 Å². The van der Waals surface area contributed by atoms with Gasteiger partial charge in [-0.25, -0.2) is 0 Å². The molecule has 0 heterocycles. The third kappa shape index (κ3) is 15.4. The van der Waals surface area contributed by atoms with Gasteiger partial charge in [0, 0.05) is 6.42 Å². The van der Waals surface area contributed by atoms with Crippen LogP contribution < -0.4 is 0 Å². The van der Waals surface area contributed by atoms with Crippen LogP contribution in [-0.4, -0.2) is 22.8 Å². The second-order valence-corrected chi connectivity index (χ2v) is 6.65. The minimum atomic E-state index is -0.365. The number of aliphatic hydroxyl groups is 1. The van der Waals surface area contributed by atoms with Crippen LogP contribution in [0.2, 0.25) is 0 Å². The highest BCUT2D eigenvalue weighted by atomic mass is 16.6. The molecule has 0 aromatic rings. The predicted octanol–water partition coefficient (Wildman–Crippen LogP) is 4.78. The highest BCUT2D eigenvalue weighted by Crippen LogP contribution is 2.12. The first-order valence-electron chi connectivity index (χ1n) is 8.41. The molecule has 0 spiro atoms. The van der Waals surface area contributed by atoms with Crippen molar-refractivity contribution in [1.29, 1.82) is 0 Å². The van der Waals surface area contributed by atoms with E-state index < -0.39 is 0 Å². The van der Waals surface area contributed by atoms with Gasteiger partial charge < -0.3 is 9.84 Å². The second kappa shape index (κ2) is 11.8. The standard InChI is InChI=1S/C18H34O3/c1-5-16(19)14-12-10-8-6-7-9-11-13-15-17(20)21-18(2,3)4/h12,14,16,19H,5-11,13,15H2,1-4H3/b14-12-. The van der Waals surface area contributed by atoms with Crippen LogP contribution in [0.3, 0.4) is 0 Å². The van der Waals surface area contributed by atoms with Crippen LogP contribution in [0.4, 0.5) is 0 Å². The van der Waals surface area contributed by atoms with Gasteiger partial charge in [-0.2, -0.15) is 0 Å². The van der Waals surface area contributed by atoms with Gasteiger partial charge in [0.1, 0.15) is 5.60 Å². The van der Waals surface area contributed by atoms with E-state index in [1.165, 1.54) is 25.7 Å². The van der Waals surface area contributed by atoms with Crippen molar-refractivity contribution in [3.05, 3.63) is 12.2 Å². The summed E-state index contributed by atoms with van der Waals surface area (Å²) < 4.78 is 5.27. The number of hydrogen-bond donors (Lipinski definition) is 1. The van der Waals surface area contributed by atoms with E-state index in [1.807, 2.05) is 33.8 Å². The molecule has 3 nitrogen and oxygen atoms in total. The summed E-state index contributed by atoms with van der Waals surface area (Å²) in [5, 5.41) is 9.35. The number of rotatable bonds is 11. The Hall–Kier alpha value is -0.830. The van der Waals surface area contributed by atoms with E-state index in [9.17, 15) is 9.90 Å². The van der Waals surface area contributed by atoms with Crippen LogP contribution in [0.25, 0.3) is 0 Å². The van der Waals surface area contributed by atoms with Crippen LogP contribution in [-0.2, 0) is 9.53 Å².